The number of benzene rings is 2. The van der Waals surface area contributed by atoms with E-state index < -0.39 is 0 Å². The Morgan fingerprint density at radius 1 is 0.800 bits per heavy atom. The van der Waals surface area contributed by atoms with Crippen molar-refractivity contribution < 1.29 is 10.4 Å². The zero-order valence-electron chi connectivity index (χ0n) is 14.0. The molecular formula is C19H22N4O2. The molecule has 3 rings (SSSR count). The van der Waals surface area contributed by atoms with Crippen LogP contribution in [0.25, 0.3) is 0 Å². The molecule has 0 aliphatic carbocycles. The summed E-state index contributed by atoms with van der Waals surface area (Å²) >= 11 is 0. The van der Waals surface area contributed by atoms with Crippen molar-refractivity contribution in [3.63, 3.8) is 0 Å². The average molecular weight is 338 g/mol. The molecule has 0 amide bonds. The van der Waals surface area contributed by atoms with E-state index in [9.17, 15) is 10.4 Å². The van der Waals surface area contributed by atoms with Crippen LogP contribution in [0, 0.1) is 0 Å². The Morgan fingerprint density at radius 2 is 1.40 bits per heavy atom. The van der Waals surface area contributed by atoms with E-state index in [1.54, 1.807) is 0 Å². The van der Waals surface area contributed by atoms with E-state index >= 15 is 0 Å². The maximum Gasteiger partial charge on any atom is 0.198 e. The second-order valence-corrected chi connectivity index (χ2v) is 5.99. The van der Waals surface area contributed by atoms with E-state index in [4.69, 9.17) is 0 Å². The molecule has 0 radical (unpaired) electrons. The van der Waals surface area contributed by atoms with Gasteiger partial charge in [-0.1, -0.05) is 71.0 Å². The van der Waals surface area contributed by atoms with Crippen LogP contribution in [0.15, 0.2) is 71.0 Å². The van der Waals surface area contributed by atoms with Crippen molar-refractivity contribution in [2.45, 2.75) is 6.54 Å². The van der Waals surface area contributed by atoms with Gasteiger partial charge in [-0.15, -0.1) is 0 Å². The van der Waals surface area contributed by atoms with E-state index in [-0.39, 0.29) is 5.71 Å². The zero-order valence-corrected chi connectivity index (χ0v) is 14.0. The molecule has 1 aliphatic heterocycles. The molecule has 2 N–H and O–H groups in total. The Bertz CT molecular complexity index is 724. The Kier molecular flexibility index (Phi) is 5.64. The standard InChI is InChI=1S/C19H22N4O2/c24-20-18(17-9-5-2-6-10-17)19(21-25)23-13-11-22(12-14-23)15-16-7-3-1-4-8-16/h1-10,24-25H,11-15H2/b20-18+,21-19-. The highest BCUT2D eigenvalue weighted by molar-refractivity contribution is 6.47. The molecule has 0 atom stereocenters. The van der Waals surface area contributed by atoms with Gasteiger partial charge in [0.15, 0.2) is 11.5 Å². The van der Waals surface area contributed by atoms with Crippen LogP contribution in [0.3, 0.4) is 0 Å². The van der Waals surface area contributed by atoms with Crippen LogP contribution < -0.4 is 0 Å². The first-order valence-electron chi connectivity index (χ1n) is 8.33. The molecule has 0 unspecified atom stereocenters. The lowest BCUT2D eigenvalue weighted by Crippen LogP contribution is -2.50. The Hall–Kier alpha value is -2.86. The lowest BCUT2D eigenvalue weighted by molar-refractivity contribution is 0.172. The summed E-state index contributed by atoms with van der Waals surface area (Å²) in [6, 6.07) is 19.6. The number of piperazine rings is 1. The normalized spacial score (nSPS) is 16.9. The first-order chi connectivity index (χ1) is 12.3. The molecule has 2 aromatic rings. The molecule has 25 heavy (non-hydrogen) atoms. The molecule has 1 saturated heterocycles. The van der Waals surface area contributed by atoms with Crippen molar-refractivity contribution in [2.75, 3.05) is 26.2 Å². The van der Waals surface area contributed by atoms with Gasteiger partial charge in [-0.05, 0) is 5.56 Å². The number of rotatable bonds is 4. The fourth-order valence-corrected chi connectivity index (χ4v) is 3.05. The van der Waals surface area contributed by atoms with Gasteiger partial charge in [-0.25, -0.2) is 0 Å². The third-order valence-corrected chi connectivity index (χ3v) is 4.37. The fourth-order valence-electron chi connectivity index (χ4n) is 3.05. The lowest BCUT2D eigenvalue weighted by atomic mass is 10.1. The van der Waals surface area contributed by atoms with Gasteiger partial charge >= 0.3 is 0 Å². The number of oxime groups is 2. The molecule has 6 nitrogen and oxygen atoms in total. The van der Waals surface area contributed by atoms with Crippen molar-refractivity contribution >= 4 is 11.5 Å². The van der Waals surface area contributed by atoms with Crippen molar-refractivity contribution in [3.05, 3.63) is 71.8 Å². The van der Waals surface area contributed by atoms with E-state index in [1.165, 1.54) is 5.56 Å². The van der Waals surface area contributed by atoms with Gasteiger partial charge in [0.25, 0.3) is 0 Å². The van der Waals surface area contributed by atoms with Crippen LogP contribution >= 0.6 is 0 Å². The van der Waals surface area contributed by atoms with Crippen molar-refractivity contribution in [3.8, 4) is 0 Å². The van der Waals surface area contributed by atoms with Gasteiger partial charge in [0.2, 0.25) is 0 Å². The Labute approximate surface area is 147 Å². The highest BCUT2D eigenvalue weighted by atomic mass is 16.4. The highest BCUT2D eigenvalue weighted by Crippen LogP contribution is 2.12. The van der Waals surface area contributed by atoms with E-state index in [2.05, 4.69) is 27.3 Å². The summed E-state index contributed by atoms with van der Waals surface area (Å²) in [6.07, 6.45) is 0. The van der Waals surface area contributed by atoms with E-state index in [0.717, 1.165) is 19.6 Å². The summed E-state index contributed by atoms with van der Waals surface area (Å²) < 4.78 is 0. The second-order valence-electron chi connectivity index (χ2n) is 5.99. The van der Waals surface area contributed by atoms with E-state index in [0.29, 0.717) is 24.5 Å². The molecule has 0 spiro atoms. The summed E-state index contributed by atoms with van der Waals surface area (Å²) in [5, 5.41) is 25.7. The predicted molar refractivity (Wildman–Crippen MR) is 97.3 cm³/mol. The molecule has 0 bridgehead atoms. The molecule has 6 heteroatoms. The van der Waals surface area contributed by atoms with Gasteiger partial charge < -0.3 is 15.3 Å². The average Bonchev–Trinajstić information content (AvgIpc) is 2.68. The minimum absolute atomic E-state index is 0.277. The molecular weight excluding hydrogens is 316 g/mol. The number of hydrogen-bond acceptors (Lipinski definition) is 5. The highest BCUT2D eigenvalue weighted by Gasteiger charge is 2.25. The first kappa shape index (κ1) is 17.0. The lowest BCUT2D eigenvalue weighted by Gasteiger charge is -2.36. The minimum Gasteiger partial charge on any atom is -0.410 e. The maximum atomic E-state index is 9.48. The monoisotopic (exact) mass is 338 g/mol. The van der Waals surface area contributed by atoms with Gasteiger partial charge in [0.05, 0.1) is 0 Å². The summed E-state index contributed by atoms with van der Waals surface area (Å²) in [5.74, 6) is 0.299. The number of hydrogen-bond donors (Lipinski definition) is 2. The van der Waals surface area contributed by atoms with Crippen molar-refractivity contribution in [2.24, 2.45) is 10.3 Å². The smallest absolute Gasteiger partial charge is 0.198 e. The molecule has 2 aromatic carbocycles. The predicted octanol–water partition coefficient (Wildman–Crippen LogP) is 2.47. The van der Waals surface area contributed by atoms with Crippen molar-refractivity contribution in [1.82, 2.24) is 9.80 Å². The first-order valence-corrected chi connectivity index (χ1v) is 8.33. The summed E-state index contributed by atoms with van der Waals surface area (Å²) in [5.41, 5.74) is 2.28. The zero-order chi connectivity index (χ0) is 17.5. The SMILES string of the molecule is O/N=C(/C(=N/O)c1ccccc1)N1CCN(Cc2ccccc2)CC1. The van der Waals surface area contributed by atoms with E-state index in [1.807, 2.05) is 53.4 Å². The molecule has 1 heterocycles. The largest absolute Gasteiger partial charge is 0.410 e. The van der Waals surface area contributed by atoms with Gasteiger partial charge in [-0.2, -0.15) is 0 Å². The van der Waals surface area contributed by atoms with Gasteiger partial charge in [0.1, 0.15) is 0 Å². The topological polar surface area (TPSA) is 71.7 Å². The van der Waals surface area contributed by atoms with Crippen LogP contribution in [-0.4, -0.2) is 57.9 Å². The Balaban J connectivity index is 1.64. The summed E-state index contributed by atoms with van der Waals surface area (Å²) in [6.45, 7) is 4.01. The molecule has 0 saturated carbocycles. The Morgan fingerprint density at radius 3 is 1.96 bits per heavy atom. The minimum atomic E-state index is 0.277. The molecule has 0 aromatic heterocycles. The van der Waals surface area contributed by atoms with Crippen LogP contribution in [0.4, 0.5) is 0 Å². The fraction of sp³-hybridized carbons (Fsp3) is 0.263. The van der Waals surface area contributed by atoms with Crippen LogP contribution in [-0.2, 0) is 6.54 Å². The number of amidine groups is 1. The third kappa shape index (κ3) is 4.16. The maximum absolute atomic E-state index is 9.48. The quantitative estimate of drug-likeness (QED) is 0.389. The third-order valence-electron chi connectivity index (χ3n) is 4.37. The summed E-state index contributed by atoms with van der Waals surface area (Å²) in [4.78, 5) is 4.31. The van der Waals surface area contributed by atoms with Crippen LogP contribution in [0.5, 0.6) is 0 Å². The van der Waals surface area contributed by atoms with Gasteiger partial charge in [0, 0.05) is 38.3 Å². The van der Waals surface area contributed by atoms with Crippen molar-refractivity contribution in [1.29, 1.82) is 0 Å². The van der Waals surface area contributed by atoms with Crippen LogP contribution in [0.2, 0.25) is 0 Å². The number of nitrogens with zero attached hydrogens (tertiary/aromatic N) is 4. The van der Waals surface area contributed by atoms with Gasteiger partial charge in [-0.3, -0.25) is 4.90 Å². The summed E-state index contributed by atoms with van der Waals surface area (Å²) in [7, 11) is 0. The molecule has 1 aliphatic rings. The molecule has 1 fully saturated rings. The second kappa shape index (κ2) is 8.30. The van der Waals surface area contributed by atoms with Crippen LogP contribution in [0.1, 0.15) is 11.1 Å². The molecule has 130 valence electrons.